The highest BCUT2D eigenvalue weighted by molar-refractivity contribution is 5.68. The monoisotopic (exact) mass is 416 g/mol. The van der Waals surface area contributed by atoms with E-state index in [1.165, 1.54) is 0 Å². The molecule has 0 saturated carbocycles. The van der Waals surface area contributed by atoms with Crippen molar-refractivity contribution in [3.05, 3.63) is 89.5 Å². The zero-order valence-electron chi connectivity index (χ0n) is 17.7. The summed E-state index contributed by atoms with van der Waals surface area (Å²) in [5, 5.41) is 2.12. The molecule has 3 aromatic carbocycles. The third-order valence-electron chi connectivity index (χ3n) is 5.68. The summed E-state index contributed by atoms with van der Waals surface area (Å²) in [6.07, 6.45) is 1.88. The molecule has 0 unspecified atom stereocenters. The van der Waals surface area contributed by atoms with Gasteiger partial charge in [-0.2, -0.15) is 5.01 Å². The lowest BCUT2D eigenvalue weighted by Gasteiger charge is -2.39. The molecule has 6 nitrogen and oxygen atoms in total. The number of nitrogens with zero attached hydrogens (tertiary/aromatic N) is 1. The summed E-state index contributed by atoms with van der Waals surface area (Å²) >= 11 is 0. The van der Waals surface area contributed by atoms with E-state index >= 15 is 0 Å². The number of methoxy groups -OCH3 is 3. The minimum atomic E-state index is -0.348. The number of ether oxygens (including phenoxy) is 4. The molecular weight excluding hydrogens is 392 g/mol. The van der Waals surface area contributed by atoms with Crippen LogP contribution in [0.1, 0.15) is 29.0 Å². The topological polar surface area (TPSA) is 52.2 Å². The van der Waals surface area contributed by atoms with E-state index in [1.54, 1.807) is 21.3 Å². The fraction of sp³-hybridized carbons (Fsp3) is 0.200. The fourth-order valence-corrected chi connectivity index (χ4v) is 4.12. The Morgan fingerprint density at radius 2 is 1.68 bits per heavy atom. The largest absolute Gasteiger partial charge is 0.497 e. The molecule has 0 spiro atoms. The van der Waals surface area contributed by atoms with Crippen molar-refractivity contribution in [2.75, 3.05) is 21.3 Å². The number of hydrazine groups is 1. The van der Waals surface area contributed by atoms with Crippen LogP contribution >= 0.6 is 0 Å². The normalized spacial score (nSPS) is 19.4. The summed E-state index contributed by atoms with van der Waals surface area (Å²) in [4.78, 5) is 0. The fourth-order valence-electron chi connectivity index (χ4n) is 4.12. The third kappa shape index (κ3) is 3.35. The van der Waals surface area contributed by atoms with Crippen molar-refractivity contribution in [3.8, 4) is 23.0 Å². The Bertz CT molecular complexity index is 1140. The molecule has 0 radical (unpaired) electrons. The first kappa shape index (κ1) is 19.3. The first-order valence-corrected chi connectivity index (χ1v) is 10.1. The molecular formula is C25H24N2O4. The maximum absolute atomic E-state index is 6.44. The number of benzene rings is 3. The molecule has 6 heteroatoms. The van der Waals surface area contributed by atoms with Crippen molar-refractivity contribution in [2.24, 2.45) is 0 Å². The van der Waals surface area contributed by atoms with Crippen molar-refractivity contribution in [1.29, 1.82) is 0 Å². The molecule has 0 aliphatic carbocycles. The molecule has 2 aliphatic heterocycles. The molecule has 5 rings (SSSR count). The maximum Gasteiger partial charge on any atom is 0.196 e. The van der Waals surface area contributed by atoms with Crippen LogP contribution in [-0.2, 0) is 0 Å². The van der Waals surface area contributed by atoms with Crippen LogP contribution in [-0.4, -0.2) is 26.3 Å². The SMILES string of the molecule is COc1cccc(C2=C[C@H]3c4ccccc4O[C@H](c4ccc(OC)c(OC)c4)N3N2)c1. The number of fused-ring (bicyclic) bond motifs is 3. The number of rotatable bonds is 5. The Kier molecular flexibility index (Phi) is 4.92. The maximum atomic E-state index is 6.44. The van der Waals surface area contributed by atoms with E-state index in [0.29, 0.717) is 11.5 Å². The molecule has 2 atom stereocenters. The van der Waals surface area contributed by atoms with Gasteiger partial charge >= 0.3 is 0 Å². The lowest BCUT2D eigenvalue weighted by atomic mass is 10.0. The quantitative estimate of drug-likeness (QED) is 0.650. The Morgan fingerprint density at radius 1 is 0.839 bits per heavy atom. The van der Waals surface area contributed by atoms with Crippen molar-refractivity contribution < 1.29 is 18.9 Å². The van der Waals surface area contributed by atoms with Gasteiger partial charge in [0, 0.05) is 16.7 Å². The highest BCUT2D eigenvalue weighted by Gasteiger charge is 2.40. The Labute approximate surface area is 181 Å². The Balaban J connectivity index is 1.56. The van der Waals surface area contributed by atoms with Gasteiger partial charge < -0.3 is 24.4 Å². The minimum Gasteiger partial charge on any atom is -0.497 e. The highest BCUT2D eigenvalue weighted by atomic mass is 16.5. The van der Waals surface area contributed by atoms with E-state index in [4.69, 9.17) is 18.9 Å². The molecule has 0 amide bonds. The Hall–Kier alpha value is -3.64. The second-order valence-electron chi connectivity index (χ2n) is 7.40. The van der Waals surface area contributed by atoms with Crippen LogP contribution in [0.2, 0.25) is 0 Å². The lowest BCUT2D eigenvalue weighted by molar-refractivity contribution is -0.0327. The van der Waals surface area contributed by atoms with E-state index in [2.05, 4.69) is 28.6 Å². The van der Waals surface area contributed by atoms with Crippen molar-refractivity contribution in [2.45, 2.75) is 12.3 Å². The van der Waals surface area contributed by atoms with Gasteiger partial charge in [-0.1, -0.05) is 30.3 Å². The van der Waals surface area contributed by atoms with Crippen LogP contribution in [0, 0.1) is 0 Å². The predicted molar refractivity (Wildman–Crippen MR) is 118 cm³/mol. The van der Waals surface area contributed by atoms with Gasteiger partial charge in [-0.3, -0.25) is 0 Å². The minimum absolute atomic E-state index is 0.0178. The highest BCUT2D eigenvalue weighted by Crippen LogP contribution is 2.46. The van der Waals surface area contributed by atoms with E-state index in [-0.39, 0.29) is 12.3 Å². The second-order valence-corrected chi connectivity index (χ2v) is 7.40. The Morgan fingerprint density at radius 3 is 2.48 bits per heavy atom. The summed E-state index contributed by atoms with van der Waals surface area (Å²) in [5.41, 5.74) is 7.70. The van der Waals surface area contributed by atoms with Crippen molar-refractivity contribution >= 4 is 5.70 Å². The number of para-hydroxylation sites is 1. The van der Waals surface area contributed by atoms with Gasteiger partial charge in [0.25, 0.3) is 0 Å². The van der Waals surface area contributed by atoms with Crippen LogP contribution in [0.15, 0.2) is 72.8 Å². The standard InChI is InChI=1S/C25H24N2O4/c1-28-18-8-6-7-16(13-18)20-15-21-19-9-4-5-10-22(19)31-25(27(21)26-20)17-11-12-23(29-2)24(14-17)30-3/h4-15,21,25-26H,1-3H3/t21-,25+/m0/s1. The first-order valence-electron chi connectivity index (χ1n) is 10.1. The molecule has 158 valence electrons. The summed E-state index contributed by atoms with van der Waals surface area (Å²) in [6.45, 7) is 0. The molecule has 2 aliphatic rings. The summed E-state index contributed by atoms with van der Waals surface area (Å²) in [6, 6.07) is 22.0. The van der Waals surface area contributed by atoms with E-state index in [0.717, 1.165) is 33.9 Å². The molecule has 3 aromatic rings. The number of hydrogen-bond acceptors (Lipinski definition) is 6. The van der Waals surface area contributed by atoms with Gasteiger partial charge in [0.15, 0.2) is 17.7 Å². The average molecular weight is 416 g/mol. The van der Waals surface area contributed by atoms with E-state index in [9.17, 15) is 0 Å². The van der Waals surface area contributed by atoms with E-state index in [1.807, 2.05) is 54.6 Å². The zero-order valence-corrected chi connectivity index (χ0v) is 17.7. The first-order chi connectivity index (χ1) is 15.2. The predicted octanol–water partition coefficient (Wildman–Crippen LogP) is 4.71. The van der Waals surface area contributed by atoms with Crippen LogP contribution in [0.4, 0.5) is 0 Å². The molecule has 0 fully saturated rings. The number of hydrogen-bond donors (Lipinski definition) is 1. The molecule has 0 saturated heterocycles. The molecule has 0 aromatic heterocycles. The molecule has 2 heterocycles. The van der Waals surface area contributed by atoms with Gasteiger partial charge in [-0.15, -0.1) is 0 Å². The van der Waals surface area contributed by atoms with Crippen LogP contribution in [0.5, 0.6) is 23.0 Å². The lowest BCUT2D eigenvalue weighted by Crippen LogP contribution is -2.43. The zero-order chi connectivity index (χ0) is 21.4. The molecule has 0 bridgehead atoms. The smallest absolute Gasteiger partial charge is 0.196 e. The van der Waals surface area contributed by atoms with E-state index < -0.39 is 0 Å². The second kappa shape index (κ2) is 7.89. The van der Waals surface area contributed by atoms with Crippen LogP contribution in [0.3, 0.4) is 0 Å². The van der Waals surface area contributed by atoms with Gasteiger partial charge in [0.05, 0.1) is 33.1 Å². The molecule has 1 N–H and O–H groups in total. The van der Waals surface area contributed by atoms with Gasteiger partial charge in [0.1, 0.15) is 11.5 Å². The number of nitrogens with one attached hydrogen (secondary N) is 1. The summed E-state index contributed by atoms with van der Waals surface area (Å²) in [7, 11) is 4.95. The van der Waals surface area contributed by atoms with Gasteiger partial charge in [-0.05, 0) is 42.5 Å². The average Bonchev–Trinajstić information content (AvgIpc) is 3.29. The summed E-state index contributed by atoms with van der Waals surface area (Å²) in [5.74, 6) is 3.04. The van der Waals surface area contributed by atoms with Crippen LogP contribution in [0.25, 0.3) is 5.70 Å². The van der Waals surface area contributed by atoms with Crippen molar-refractivity contribution in [1.82, 2.24) is 10.4 Å². The molecule has 31 heavy (non-hydrogen) atoms. The van der Waals surface area contributed by atoms with Crippen molar-refractivity contribution in [3.63, 3.8) is 0 Å². The van der Waals surface area contributed by atoms with Crippen LogP contribution < -0.4 is 24.4 Å². The third-order valence-corrected chi connectivity index (χ3v) is 5.68. The van der Waals surface area contributed by atoms with Gasteiger partial charge in [-0.25, -0.2) is 0 Å². The summed E-state index contributed by atoms with van der Waals surface area (Å²) < 4.78 is 22.8. The van der Waals surface area contributed by atoms with Gasteiger partial charge in [0.2, 0.25) is 0 Å².